The summed E-state index contributed by atoms with van der Waals surface area (Å²) < 4.78 is 5.65. The van der Waals surface area contributed by atoms with Crippen LogP contribution in [0.3, 0.4) is 0 Å². The highest BCUT2D eigenvalue weighted by atomic mass is 16.3. The Labute approximate surface area is 105 Å². The molecule has 18 heavy (non-hydrogen) atoms. The Morgan fingerprint density at radius 2 is 2.22 bits per heavy atom. The lowest BCUT2D eigenvalue weighted by Gasteiger charge is -2.02. The zero-order valence-corrected chi connectivity index (χ0v) is 10.6. The molecule has 1 fully saturated rings. The quantitative estimate of drug-likeness (QED) is 0.903. The number of amides is 1. The number of carbonyl (C=O) groups is 1. The minimum atomic E-state index is -0.0260. The first-order chi connectivity index (χ1) is 8.63. The van der Waals surface area contributed by atoms with E-state index in [1.54, 1.807) is 12.1 Å². The van der Waals surface area contributed by atoms with Crippen molar-refractivity contribution in [2.45, 2.75) is 38.6 Å². The Hall–Kier alpha value is -1.84. The predicted molar refractivity (Wildman–Crippen MR) is 68.6 cm³/mol. The Bertz CT molecular complexity index is 597. The maximum absolute atomic E-state index is 11.9. The Morgan fingerprint density at radius 3 is 2.89 bits per heavy atom. The number of hydrogen-bond acceptors (Lipinski definition) is 3. The van der Waals surface area contributed by atoms with E-state index in [-0.39, 0.29) is 11.8 Å². The SMILES string of the molecule is CC(C)c1nc2ccc(C(=O)NC3CC3)cc2o1. The molecule has 1 heterocycles. The van der Waals surface area contributed by atoms with Crippen LogP contribution in [0.2, 0.25) is 0 Å². The lowest BCUT2D eigenvalue weighted by atomic mass is 10.2. The second-order valence-electron chi connectivity index (χ2n) is 5.14. The molecule has 0 saturated heterocycles. The van der Waals surface area contributed by atoms with Crippen molar-refractivity contribution in [3.05, 3.63) is 29.7 Å². The molecule has 2 aromatic rings. The molecule has 0 spiro atoms. The number of fused-ring (bicyclic) bond motifs is 1. The van der Waals surface area contributed by atoms with Gasteiger partial charge in [0.05, 0.1) is 0 Å². The molecule has 94 valence electrons. The Kier molecular flexibility index (Phi) is 2.58. The molecule has 0 radical (unpaired) electrons. The van der Waals surface area contributed by atoms with Crippen LogP contribution < -0.4 is 5.32 Å². The van der Waals surface area contributed by atoms with Crippen LogP contribution in [-0.2, 0) is 0 Å². The summed E-state index contributed by atoms with van der Waals surface area (Å²) in [5.74, 6) is 0.938. The molecule has 0 aliphatic heterocycles. The summed E-state index contributed by atoms with van der Waals surface area (Å²) in [7, 11) is 0. The van der Waals surface area contributed by atoms with E-state index in [1.165, 1.54) is 0 Å². The minimum absolute atomic E-state index is 0.0260. The van der Waals surface area contributed by atoms with E-state index in [2.05, 4.69) is 10.3 Å². The first-order valence-corrected chi connectivity index (χ1v) is 6.35. The van der Waals surface area contributed by atoms with E-state index < -0.39 is 0 Å². The molecule has 1 aliphatic carbocycles. The van der Waals surface area contributed by atoms with Crippen LogP contribution in [-0.4, -0.2) is 16.9 Å². The third kappa shape index (κ3) is 2.10. The highest BCUT2D eigenvalue weighted by molar-refractivity contribution is 5.97. The van der Waals surface area contributed by atoms with Gasteiger partial charge in [-0.05, 0) is 31.0 Å². The zero-order chi connectivity index (χ0) is 12.7. The zero-order valence-electron chi connectivity index (χ0n) is 10.6. The monoisotopic (exact) mass is 244 g/mol. The standard InChI is InChI=1S/C14H16N2O2/c1-8(2)14-16-11-6-3-9(7-12(11)18-14)13(17)15-10-4-5-10/h3,6-8,10H,4-5H2,1-2H3,(H,15,17). The van der Waals surface area contributed by atoms with Crippen LogP contribution in [0.15, 0.2) is 22.6 Å². The van der Waals surface area contributed by atoms with Crippen molar-refractivity contribution >= 4 is 17.0 Å². The number of carbonyl (C=O) groups excluding carboxylic acids is 1. The van der Waals surface area contributed by atoms with Gasteiger partial charge in [-0.25, -0.2) is 4.98 Å². The molecular weight excluding hydrogens is 228 g/mol. The lowest BCUT2D eigenvalue weighted by molar-refractivity contribution is 0.0951. The molecular formula is C14H16N2O2. The summed E-state index contributed by atoms with van der Waals surface area (Å²) in [4.78, 5) is 16.3. The molecule has 4 heteroatoms. The first-order valence-electron chi connectivity index (χ1n) is 6.35. The minimum Gasteiger partial charge on any atom is -0.440 e. The largest absolute Gasteiger partial charge is 0.440 e. The molecule has 1 saturated carbocycles. The van der Waals surface area contributed by atoms with Gasteiger partial charge in [0, 0.05) is 17.5 Å². The van der Waals surface area contributed by atoms with Gasteiger partial charge in [-0.3, -0.25) is 4.79 Å². The van der Waals surface area contributed by atoms with E-state index >= 15 is 0 Å². The number of nitrogens with one attached hydrogen (secondary N) is 1. The second-order valence-corrected chi connectivity index (χ2v) is 5.14. The van der Waals surface area contributed by atoms with Crippen molar-refractivity contribution in [1.29, 1.82) is 0 Å². The number of nitrogens with zero attached hydrogens (tertiary/aromatic N) is 1. The van der Waals surface area contributed by atoms with E-state index in [0.29, 0.717) is 23.1 Å². The molecule has 1 aromatic carbocycles. The van der Waals surface area contributed by atoms with Crippen molar-refractivity contribution < 1.29 is 9.21 Å². The fraction of sp³-hybridized carbons (Fsp3) is 0.429. The summed E-state index contributed by atoms with van der Waals surface area (Å²) in [5.41, 5.74) is 2.13. The average Bonchev–Trinajstić information content (AvgIpc) is 3.04. The third-order valence-corrected chi connectivity index (χ3v) is 3.07. The Balaban J connectivity index is 1.91. The van der Waals surface area contributed by atoms with Gasteiger partial charge in [0.25, 0.3) is 5.91 Å². The molecule has 4 nitrogen and oxygen atoms in total. The number of oxazole rings is 1. The summed E-state index contributed by atoms with van der Waals surface area (Å²) in [6.07, 6.45) is 2.18. The van der Waals surface area contributed by atoms with Crippen LogP contribution in [0.4, 0.5) is 0 Å². The normalized spacial score (nSPS) is 15.3. The molecule has 1 amide bonds. The van der Waals surface area contributed by atoms with Crippen molar-refractivity contribution in [2.75, 3.05) is 0 Å². The molecule has 0 unspecified atom stereocenters. The van der Waals surface area contributed by atoms with Gasteiger partial charge >= 0.3 is 0 Å². The maximum atomic E-state index is 11.9. The van der Waals surface area contributed by atoms with Crippen molar-refractivity contribution in [3.8, 4) is 0 Å². The summed E-state index contributed by atoms with van der Waals surface area (Å²) in [6, 6.07) is 5.78. The van der Waals surface area contributed by atoms with Gasteiger partial charge in [-0.1, -0.05) is 13.8 Å². The second kappa shape index (κ2) is 4.12. The molecule has 0 atom stereocenters. The van der Waals surface area contributed by atoms with Crippen LogP contribution in [0.5, 0.6) is 0 Å². The fourth-order valence-electron chi connectivity index (χ4n) is 1.83. The van der Waals surface area contributed by atoms with E-state index in [1.807, 2.05) is 19.9 Å². The Morgan fingerprint density at radius 1 is 1.44 bits per heavy atom. The number of hydrogen-bond donors (Lipinski definition) is 1. The van der Waals surface area contributed by atoms with Gasteiger partial charge < -0.3 is 9.73 Å². The van der Waals surface area contributed by atoms with Gasteiger partial charge in [0.1, 0.15) is 5.52 Å². The van der Waals surface area contributed by atoms with Gasteiger partial charge in [-0.2, -0.15) is 0 Å². The van der Waals surface area contributed by atoms with Crippen molar-refractivity contribution in [2.24, 2.45) is 0 Å². The predicted octanol–water partition coefficient (Wildman–Crippen LogP) is 2.84. The highest BCUT2D eigenvalue weighted by Crippen LogP contribution is 2.23. The van der Waals surface area contributed by atoms with E-state index in [0.717, 1.165) is 18.4 Å². The number of benzene rings is 1. The number of aromatic nitrogens is 1. The fourth-order valence-corrected chi connectivity index (χ4v) is 1.83. The highest BCUT2D eigenvalue weighted by Gasteiger charge is 2.24. The topological polar surface area (TPSA) is 55.1 Å². The third-order valence-electron chi connectivity index (χ3n) is 3.07. The molecule has 1 aliphatic rings. The summed E-state index contributed by atoms with van der Waals surface area (Å²) in [6.45, 7) is 4.07. The van der Waals surface area contributed by atoms with Crippen LogP contribution >= 0.6 is 0 Å². The van der Waals surface area contributed by atoms with Crippen molar-refractivity contribution in [1.82, 2.24) is 10.3 Å². The van der Waals surface area contributed by atoms with Gasteiger partial charge in [0.15, 0.2) is 11.5 Å². The average molecular weight is 244 g/mol. The smallest absolute Gasteiger partial charge is 0.251 e. The van der Waals surface area contributed by atoms with Crippen LogP contribution in [0.1, 0.15) is 48.9 Å². The van der Waals surface area contributed by atoms with E-state index in [9.17, 15) is 4.79 Å². The molecule has 3 rings (SSSR count). The first kappa shape index (κ1) is 11.3. The van der Waals surface area contributed by atoms with Gasteiger partial charge in [-0.15, -0.1) is 0 Å². The van der Waals surface area contributed by atoms with Crippen molar-refractivity contribution in [3.63, 3.8) is 0 Å². The summed E-state index contributed by atoms with van der Waals surface area (Å²) >= 11 is 0. The lowest BCUT2D eigenvalue weighted by Crippen LogP contribution is -2.25. The van der Waals surface area contributed by atoms with E-state index in [4.69, 9.17) is 4.42 Å². The van der Waals surface area contributed by atoms with Crippen LogP contribution in [0, 0.1) is 0 Å². The maximum Gasteiger partial charge on any atom is 0.251 e. The molecule has 1 aromatic heterocycles. The molecule has 1 N–H and O–H groups in total. The number of rotatable bonds is 3. The van der Waals surface area contributed by atoms with Gasteiger partial charge in [0.2, 0.25) is 0 Å². The molecule has 0 bridgehead atoms. The summed E-state index contributed by atoms with van der Waals surface area (Å²) in [5, 5.41) is 2.96. The van der Waals surface area contributed by atoms with Crippen LogP contribution in [0.25, 0.3) is 11.1 Å².